The first-order valence-corrected chi connectivity index (χ1v) is 5.00. The number of carbonyl (C=O) groups excluding carboxylic acids is 1. The first-order chi connectivity index (χ1) is 7.59. The zero-order chi connectivity index (χ0) is 11.7. The van der Waals surface area contributed by atoms with Gasteiger partial charge in [0, 0.05) is 11.2 Å². The quantitative estimate of drug-likeness (QED) is 0.787. The van der Waals surface area contributed by atoms with Crippen LogP contribution in [0, 0.1) is 6.92 Å². The molecule has 0 atom stereocenters. The number of H-pyrrole nitrogens is 1. The van der Waals surface area contributed by atoms with E-state index < -0.39 is 0 Å². The van der Waals surface area contributed by atoms with E-state index in [0.29, 0.717) is 10.6 Å². The molecule has 82 valence electrons. The van der Waals surface area contributed by atoms with E-state index in [0.717, 1.165) is 5.56 Å². The van der Waals surface area contributed by atoms with Gasteiger partial charge in [0.15, 0.2) is 5.78 Å². The van der Waals surface area contributed by atoms with Gasteiger partial charge in [-0.3, -0.25) is 9.89 Å². The molecule has 0 spiro atoms. The van der Waals surface area contributed by atoms with Crippen molar-refractivity contribution >= 4 is 17.4 Å². The lowest BCUT2D eigenvalue weighted by molar-refractivity contribution is 0.103. The molecule has 16 heavy (non-hydrogen) atoms. The fraction of sp³-hybridized carbons (Fsp3) is 0.0909. The number of nitrogens with zero attached hydrogens (tertiary/aromatic N) is 1. The minimum atomic E-state index is -0.312. The maximum absolute atomic E-state index is 11.9. The highest BCUT2D eigenvalue weighted by atomic mass is 35.5. The summed E-state index contributed by atoms with van der Waals surface area (Å²) in [5, 5.41) is 16.3. The molecule has 0 bridgehead atoms. The molecule has 4 nitrogen and oxygen atoms in total. The van der Waals surface area contributed by atoms with Gasteiger partial charge in [-0.15, -0.1) is 0 Å². The van der Waals surface area contributed by atoms with Crippen LogP contribution >= 0.6 is 11.6 Å². The third-order valence-electron chi connectivity index (χ3n) is 2.28. The maximum atomic E-state index is 11.9. The van der Waals surface area contributed by atoms with E-state index in [4.69, 9.17) is 11.6 Å². The van der Waals surface area contributed by atoms with Crippen molar-refractivity contribution in [2.24, 2.45) is 0 Å². The van der Waals surface area contributed by atoms with Gasteiger partial charge in [-0.2, -0.15) is 5.10 Å². The Labute approximate surface area is 96.9 Å². The van der Waals surface area contributed by atoms with Gasteiger partial charge in [-0.1, -0.05) is 11.6 Å². The van der Waals surface area contributed by atoms with E-state index >= 15 is 0 Å². The number of carbonyl (C=O) groups is 1. The van der Waals surface area contributed by atoms with Crippen LogP contribution < -0.4 is 0 Å². The number of phenolic OH excluding ortho intramolecular Hbond substituents is 1. The number of rotatable bonds is 2. The van der Waals surface area contributed by atoms with Gasteiger partial charge in [0.05, 0.1) is 17.3 Å². The average Bonchev–Trinajstić information content (AvgIpc) is 2.75. The van der Waals surface area contributed by atoms with E-state index in [1.54, 1.807) is 6.92 Å². The lowest BCUT2D eigenvalue weighted by Gasteiger charge is -2.05. The first-order valence-electron chi connectivity index (χ1n) is 4.62. The van der Waals surface area contributed by atoms with E-state index in [9.17, 15) is 9.90 Å². The van der Waals surface area contributed by atoms with Crippen molar-refractivity contribution in [3.8, 4) is 5.75 Å². The van der Waals surface area contributed by atoms with E-state index in [1.807, 2.05) is 0 Å². The maximum Gasteiger partial charge on any atom is 0.199 e. The monoisotopic (exact) mass is 236 g/mol. The standard InChI is InChI=1S/C11H9ClN2O2/c1-6-2-10(15)8(3-9(6)12)11(16)7-4-13-14-5-7/h2-5,15H,1H3,(H,13,14). The summed E-state index contributed by atoms with van der Waals surface area (Å²) in [7, 11) is 0. The molecule has 0 aliphatic carbocycles. The molecule has 0 amide bonds. The number of phenols is 1. The molecule has 0 fully saturated rings. The Kier molecular flexibility index (Phi) is 2.66. The van der Waals surface area contributed by atoms with Gasteiger partial charge in [0.25, 0.3) is 0 Å². The van der Waals surface area contributed by atoms with Crippen LogP contribution in [0.25, 0.3) is 0 Å². The number of aromatic hydroxyl groups is 1. The molecule has 1 aromatic heterocycles. The number of aromatic nitrogens is 2. The van der Waals surface area contributed by atoms with Crippen molar-refractivity contribution in [2.75, 3.05) is 0 Å². The lowest BCUT2D eigenvalue weighted by atomic mass is 10.0. The van der Waals surface area contributed by atoms with Crippen LogP contribution in [0.15, 0.2) is 24.5 Å². The number of halogens is 1. The summed E-state index contributed by atoms with van der Waals surface area (Å²) >= 11 is 5.90. The molecule has 5 heteroatoms. The van der Waals surface area contributed by atoms with Crippen molar-refractivity contribution in [1.82, 2.24) is 10.2 Å². The predicted octanol–water partition coefficient (Wildman–Crippen LogP) is 2.31. The fourth-order valence-electron chi connectivity index (χ4n) is 1.38. The van der Waals surface area contributed by atoms with Crippen LogP contribution in [-0.4, -0.2) is 21.1 Å². The fourth-order valence-corrected chi connectivity index (χ4v) is 1.54. The normalized spacial score (nSPS) is 10.4. The first kappa shape index (κ1) is 10.7. The molecule has 2 N–H and O–H groups in total. The van der Waals surface area contributed by atoms with Crippen LogP contribution in [0.1, 0.15) is 21.5 Å². The summed E-state index contributed by atoms with van der Waals surface area (Å²) in [4.78, 5) is 11.9. The van der Waals surface area contributed by atoms with Crippen LogP contribution in [0.5, 0.6) is 5.75 Å². The molecule has 0 saturated heterocycles. The lowest BCUT2D eigenvalue weighted by Crippen LogP contribution is -2.00. The minimum Gasteiger partial charge on any atom is -0.507 e. The molecule has 1 aromatic carbocycles. The Morgan fingerprint density at radius 2 is 2.25 bits per heavy atom. The van der Waals surface area contributed by atoms with Crippen molar-refractivity contribution < 1.29 is 9.90 Å². The number of aromatic amines is 1. The van der Waals surface area contributed by atoms with Crippen molar-refractivity contribution in [3.63, 3.8) is 0 Å². The Bertz CT molecular complexity index is 535. The molecule has 0 aliphatic rings. The number of benzene rings is 1. The number of hydrogen-bond donors (Lipinski definition) is 2. The number of nitrogens with one attached hydrogen (secondary N) is 1. The molecule has 2 aromatic rings. The van der Waals surface area contributed by atoms with Crippen molar-refractivity contribution in [3.05, 3.63) is 46.2 Å². The summed E-state index contributed by atoms with van der Waals surface area (Å²) in [6.45, 7) is 1.76. The van der Waals surface area contributed by atoms with Crippen LogP contribution in [0.4, 0.5) is 0 Å². The minimum absolute atomic E-state index is 0.0758. The molecule has 0 radical (unpaired) electrons. The van der Waals surface area contributed by atoms with E-state index in [-0.39, 0.29) is 17.1 Å². The smallest absolute Gasteiger partial charge is 0.199 e. The topological polar surface area (TPSA) is 66.0 Å². The zero-order valence-electron chi connectivity index (χ0n) is 8.49. The Morgan fingerprint density at radius 1 is 1.50 bits per heavy atom. The predicted molar refractivity (Wildman–Crippen MR) is 59.9 cm³/mol. The van der Waals surface area contributed by atoms with Gasteiger partial charge in [0.2, 0.25) is 0 Å². The van der Waals surface area contributed by atoms with E-state index in [2.05, 4.69) is 10.2 Å². The number of hydrogen-bond acceptors (Lipinski definition) is 3. The van der Waals surface area contributed by atoms with Gasteiger partial charge in [-0.05, 0) is 24.6 Å². The molecule has 0 saturated carbocycles. The highest BCUT2D eigenvalue weighted by Gasteiger charge is 2.15. The van der Waals surface area contributed by atoms with E-state index in [1.165, 1.54) is 24.5 Å². The molecular weight excluding hydrogens is 228 g/mol. The van der Waals surface area contributed by atoms with Crippen LogP contribution in [0.3, 0.4) is 0 Å². The zero-order valence-corrected chi connectivity index (χ0v) is 9.25. The highest BCUT2D eigenvalue weighted by Crippen LogP contribution is 2.27. The summed E-state index contributed by atoms with van der Waals surface area (Å²) < 4.78 is 0. The Morgan fingerprint density at radius 3 is 2.88 bits per heavy atom. The van der Waals surface area contributed by atoms with Gasteiger partial charge in [0.1, 0.15) is 5.75 Å². The van der Waals surface area contributed by atoms with Crippen LogP contribution in [-0.2, 0) is 0 Å². The second-order valence-electron chi connectivity index (χ2n) is 3.43. The Hall–Kier alpha value is -1.81. The second kappa shape index (κ2) is 3.98. The summed E-state index contributed by atoms with van der Waals surface area (Å²) in [5.74, 6) is -0.388. The van der Waals surface area contributed by atoms with Crippen molar-refractivity contribution in [1.29, 1.82) is 0 Å². The Balaban J connectivity index is 2.49. The average molecular weight is 237 g/mol. The van der Waals surface area contributed by atoms with Crippen LogP contribution in [0.2, 0.25) is 5.02 Å². The van der Waals surface area contributed by atoms with Crippen molar-refractivity contribution in [2.45, 2.75) is 6.92 Å². The number of aryl methyl sites for hydroxylation is 1. The molecule has 2 rings (SSSR count). The number of ketones is 1. The summed E-state index contributed by atoms with van der Waals surface area (Å²) in [6, 6.07) is 2.93. The third kappa shape index (κ3) is 1.79. The van der Waals surface area contributed by atoms with Gasteiger partial charge < -0.3 is 5.11 Å². The molecule has 1 heterocycles. The SMILES string of the molecule is Cc1cc(O)c(C(=O)c2cn[nH]c2)cc1Cl. The summed E-state index contributed by atoms with van der Waals surface area (Å²) in [6.07, 6.45) is 2.87. The second-order valence-corrected chi connectivity index (χ2v) is 3.84. The molecule has 0 unspecified atom stereocenters. The molecular formula is C11H9ClN2O2. The largest absolute Gasteiger partial charge is 0.507 e. The van der Waals surface area contributed by atoms with Gasteiger partial charge >= 0.3 is 0 Å². The molecule has 0 aliphatic heterocycles. The highest BCUT2D eigenvalue weighted by molar-refractivity contribution is 6.32. The van der Waals surface area contributed by atoms with Gasteiger partial charge in [-0.25, -0.2) is 0 Å². The summed E-state index contributed by atoms with van der Waals surface area (Å²) in [5.41, 5.74) is 1.29. The third-order valence-corrected chi connectivity index (χ3v) is 2.69.